The first-order chi connectivity index (χ1) is 9.08. The second-order valence-corrected chi connectivity index (χ2v) is 4.34. The van der Waals surface area contributed by atoms with Gasteiger partial charge in [-0.2, -0.15) is 0 Å². The molecule has 0 aliphatic rings. The predicted octanol–water partition coefficient (Wildman–Crippen LogP) is 1.62. The van der Waals surface area contributed by atoms with Gasteiger partial charge in [-0.1, -0.05) is 6.92 Å². The van der Waals surface area contributed by atoms with E-state index >= 15 is 0 Å². The summed E-state index contributed by atoms with van der Waals surface area (Å²) in [6.07, 6.45) is 0.762. The van der Waals surface area contributed by atoms with Crippen LogP contribution >= 0.6 is 0 Å². The van der Waals surface area contributed by atoms with Crippen molar-refractivity contribution in [1.29, 1.82) is 0 Å². The highest BCUT2D eigenvalue weighted by atomic mass is 19.1. The normalized spacial score (nSPS) is 12.0. The van der Waals surface area contributed by atoms with E-state index in [1.807, 2.05) is 6.92 Å². The number of nitrogens with one attached hydrogen (secondary N) is 1. The van der Waals surface area contributed by atoms with Gasteiger partial charge in [0.2, 0.25) is 0 Å². The van der Waals surface area contributed by atoms with Crippen molar-refractivity contribution in [2.45, 2.75) is 32.8 Å². The molecular formula is C14H21FN2O2. The van der Waals surface area contributed by atoms with Gasteiger partial charge >= 0.3 is 0 Å². The summed E-state index contributed by atoms with van der Waals surface area (Å²) in [6.45, 7) is 4.66. The van der Waals surface area contributed by atoms with Crippen molar-refractivity contribution in [1.82, 2.24) is 5.32 Å². The first-order valence-electron chi connectivity index (χ1n) is 6.51. The van der Waals surface area contributed by atoms with E-state index < -0.39 is 6.10 Å². The van der Waals surface area contributed by atoms with E-state index in [9.17, 15) is 9.18 Å². The Kier molecular flexibility index (Phi) is 6.29. The van der Waals surface area contributed by atoms with Crippen LogP contribution in [-0.2, 0) is 11.2 Å². The summed E-state index contributed by atoms with van der Waals surface area (Å²) in [4.78, 5) is 11.7. The van der Waals surface area contributed by atoms with Gasteiger partial charge in [0.15, 0.2) is 6.10 Å². The second kappa shape index (κ2) is 7.74. The van der Waals surface area contributed by atoms with Gasteiger partial charge in [0, 0.05) is 6.54 Å². The van der Waals surface area contributed by atoms with Crippen LogP contribution in [0.15, 0.2) is 18.2 Å². The fourth-order valence-electron chi connectivity index (χ4n) is 1.65. The third kappa shape index (κ3) is 4.87. The van der Waals surface area contributed by atoms with Crippen molar-refractivity contribution in [3.8, 4) is 5.75 Å². The summed E-state index contributed by atoms with van der Waals surface area (Å²) in [6, 6.07) is 4.23. The summed E-state index contributed by atoms with van der Waals surface area (Å²) < 4.78 is 18.7. The lowest BCUT2D eigenvalue weighted by Crippen LogP contribution is -2.36. The van der Waals surface area contributed by atoms with Crippen molar-refractivity contribution >= 4 is 5.91 Å². The molecular weight excluding hydrogens is 247 g/mol. The van der Waals surface area contributed by atoms with Crippen LogP contribution in [0, 0.1) is 5.82 Å². The quantitative estimate of drug-likeness (QED) is 0.790. The van der Waals surface area contributed by atoms with E-state index in [0.29, 0.717) is 30.8 Å². The monoisotopic (exact) mass is 268 g/mol. The zero-order chi connectivity index (χ0) is 14.3. The third-order valence-electron chi connectivity index (χ3n) is 2.66. The Bertz CT molecular complexity index is 424. The molecule has 0 bridgehead atoms. The number of amides is 1. The molecule has 0 saturated heterocycles. The molecule has 5 heteroatoms. The third-order valence-corrected chi connectivity index (χ3v) is 2.66. The number of benzene rings is 1. The maximum Gasteiger partial charge on any atom is 0.260 e. The van der Waals surface area contributed by atoms with Crippen LogP contribution in [0.25, 0.3) is 0 Å². The topological polar surface area (TPSA) is 64.3 Å². The van der Waals surface area contributed by atoms with Gasteiger partial charge in [-0.15, -0.1) is 0 Å². The van der Waals surface area contributed by atoms with Gasteiger partial charge in [-0.25, -0.2) is 4.39 Å². The Morgan fingerprint density at radius 1 is 1.53 bits per heavy atom. The molecule has 19 heavy (non-hydrogen) atoms. The number of hydrogen-bond donors (Lipinski definition) is 2. The molecule has 3 N–H and O–H groups in total. The molecule has 0 heterocycles. The molecule has 0 radical (unpaired) electrons. The van der Waals surface area contributed by atoms with Gasteiger partial charge in [0.25, 0.3) is 5.91 Å². The predicted molar refractivity (Wildman–Crippen MR) is 72.5 cm³/mol. The lowest BCUT2D eigenvalue weighted by molar-refractivity contribution is -0.127. The van der Waals surface area contributed by atoms with Crippen LogP contribution < -0.4 is 15.8 Å². The van der Waals surface area contributed by atoms with E-state index in [-0.39, 0.29) is 11.7 Å². The molecule has 1 aromatic rings. The van der Waals surface area contributed by atoms with Crippen LogP contribution in [0.2, 0.25) is 0 Å². The molecule has 0 saturated carbocycles. The first kappa shape index (κ1) is 15.4. The fraction of sp³-hybridized carbons (Fsp3) is 0.500. The van der Waals surface area contributed by atoms with Crippen molar-refractivity contribution < 1.29 is 13.9 Å². The minimum Gasteiger partial charge on any atom is -0.481 e. The molecule has 1 atom stereocenters. The summed E-state index contributed by atoms with van der Waals surface area (Å²) in [5, 5.41) is 2.75. The van der Waals surface area contributed by atoms with Gasteiger partial charge in [0.05, 0.1) is 0 Å². The number of carbonyl (C=O) groups excluding carboxylic acids is 1. The molecule has 0 aliphatic carbocycles. The number of nitrogens with two attached hydrogens (primary N) is 1. The summed E-state index contributed by atoms with van der Waals surface area (Å²) >= 11 is 0. The van der Waals surface area contributed by atoms with E-state index in [0.717, 1.165) is 6.42 Å². The van der Waals surface area contributed by atoms with Crippen molar-refractivity contribution in [2.75, 3.05) is 13.1 Å². The molecule has 0 spiro atoms. The molecule has 0 aliphatic heterocycles. The average Bonchev–Trinajstić information content (AvgIpc) is 2.39. The molecule has 0 fully saturated rings. The van der Waals surface area contributed by atoms with Gasteiger partial charge in [-0.3, -0.25) is 4.79 Å². The number of carbonyl (C=O) groups is 1. The maximum absolute atomic E-state index is 13.2. The highest BCUT2D eigenvalue weighted by Gasteiger charge is 2.15. The van der Waals surface area contributed by atoms with Crippen LogP contribution in [0.3, 0.4) is 0 Å². The van der Waals surface area contributed by atoms with Gasteiger partial charge in [0.1, 0.15) is 11.6 Å². The number of hydrogen-bond acceptors (Lipinski definition) is 3. The first-order valence-corrected chi connectivity index (χ1v) is 6.51. The smallest absolute Gasteiger partial charge is 0.260 e. The Balaban J connectivity index is 2.72. The van der Waals surface area contributed by atoms with E-state index in [2.05, 4.69) is 5.32 Å². The molecule has 1 rings (SSSR count). The van der Waals surface area contributed by atoms with E-state index in [4.69, 9.17) is 10.5 Å². The number of ether oxygens (including phenoxy) is 1. The highest BCUT2D eigenvalue weighted by molar-refractivity contribution is 5.80. The highest BCUT2D eigenvalue weighted by Crippen LogP contribution is 2.21. The lowest BCUT2D eigenvalue weighted by atomic mass is 10.1. The minimum atomic E-state index is -0.617. The molecule has 1 amide bonds. The summed E-state index contributed by atoms with van der Waals surface area (Å²) in [5.74, 6) is -0.00485. The van der Waals surface area contributed by atoms with Crippen LogP contribution in [0.4, 0.5) is 4.39 Å². The maximum atomic E-state index is 13.2. The Morgan fingerprint density at radius 2 is 2.26 bits per heavy atom. The van der Waals surface area contributed by atoms with E-state index in [1.165, 1.54) is 18.2 Å². The van der Waals surface area contributed by atoms with Crippen molar-refractivity contribution in [3.05, 3.63) is 29.6 Å². The zero-order valence-electron chi connectivity index (χ0n) is 11.4. The number of rotatable bonds is 7. The van der Waals surface area contributed by atoms with Crippen LogP contribution in [0.1, 0.15) is 25.8 Å². The zero-order valence-corrected chi connectivity index (χ0v) is 11.4. The second-order valence-electron chi connectivity index (χ2n) is 4.34. The standard InChI is InChI=1S/C14H21FN2O2/c1-3-8-17-14(18)10(2)19-13-5-4-12(15)9-11(13)6-7-16/h4-5,9-10H,3,6-8,16H2,1-2H3,(H,17,18). The van der Waals surface area contributed by atoms with Gasteiger partial charge < -0.3 is 15.8 Å². The van der Waals surface area contributed by atoms with Crippen molar-refractivity contribution in [3.63, 3.8) is 0 Å². The van der Waals surface area contributed by atoms with E-state index in [1.54, 1.807) is 6.92 Å². The van der Waals surface area contributed by atoms with Gasteiger partial charge in [-0.05, 0) is 50.1 Å². The van der Waals surface area contributed by atoms with Crippen molar-refractivity contribution in [2.24, 2.45) is 5.73 Å². The Hall–Kier alpha value is -1.62. The molecule has 0 aromatic heterocycles. The fourth-order valence-corrected chi connectivity index (χ4v) is 1.65. The Morgan fingerprint density at radius 3 is 2.89 bits per heavy atom. The minimum absolute atomic E-state index is 0.176. The SMILES string of the molecule is CCCNC(=O)C(C)Oc1ccc(F)cc1CCN. The molecule has 106 valence electrons. The molecule has 1 unspecified atom stereocenters. The Labute approximate surface area is 113 Å². The summed E-state index contributed by atoms with van der Waals surface area (Å²) in [5.41, 5.74) is 6.16. The average molecular weight is 268 g/mol. The summed E-state index contributed by atoms with van der Waals surface area (Å²) in [7, 11) is 0. The molecule has 4 nitrogen and oxygen atoms in total. The number of halogens is 1. The largest absolute Gasteiger partial charge is 0.481 e. The van der Waals surface area contributed by atoms with Crippen LogP contribution in [0.5, 0.6) is 5.75 Å². The van der Waals surface area contributed by atoms with Crippen LogP contribution in [-0.4, -0.2) is 25.1 Å². The lowest BCUT2D eigenvalue weighted by Gasteiger charge is -2.17. The molecule has 1 aromatic carbocycles.